The fourth-order valence-electron chi connectivity index (χ4n) is 2.98. The van der Waals surface area contributed by atoms with Crippen LogP contribution < -0.4 is 5.32 Å². The molecular weight excluding hydrogens is 357 g/mol. The second kappa shape index (κ2) is 6.55. The minimum Gasteiger partial charge on any atom is -0.390 e. The normalized spacial score (nSPS) is 12.0. The maximum Gasteiger partial charge on any atom is 0.416 e. The number of imidazole rings is 1. The number of hydrogen-bond donors (Lipinski definition) is 2. The molecule has 0 atom stereocenters. The van der Waals surface area contributed by atoms with Gasteiger partial charge in [-0.1, -0.05) is 30.3 Å². The van der Waals surface area contributed by atoms with E-state index < -0.39 is 11.7 Å². The first kappa shape index (κ1) is 17.3. The van der Waals surface area contributed by atoms with Crippen LogP contribution in [0.4, 0.5) is 19.0 Å². The third-order valence-corrected chi connectivity index (χ3v) is 4.29. The third kappa shape index (κ3) is 3.19. The monoisotopic (exact) mass is 372 g/mol. The number of aliphatic hydroxyl groups excluding tert-OH is 1. The highest BCUT2D eigenvalue weighted by Gasteiger charge is 2.31. The van der Waals surface area contributed by atoms with Crippen LogP contribution in [-0.2, 0) is 19.3 Å². The zero-order valence-corrected chi connectivity index (χ0v) is 14.0. The summed E-state index contributed by atoms with van der Waals surface area (Å²) in [5.41, 5.74) is 1.75. The number of nitrogens with zero attached hydrogens (tertiary/aromatic N) is 3. The quantitative estimate of drug-likeness (QED) is 0.568. The molecule has 0 saturated carbocycles. The van der Waals surface area contributed by atoms with Gasteiger partial charge in [-0.2, -0.15) is 13.2 Å². The van der Waals surface area contributed by atoms with Crippen LogP contribution in [0.1, 0.15) is 16.8 Å². The summed E-state index contributed by atoms with van der Waals surface area (Å²) >= 11 is 0. The number of aliphatic hydroxyl groups is 1. The highest BCUT2D eigenvalue weighted by molar-refractivity contribution is 5.84. The van der Waals surface area contributed by atoms with Gasteiger partial charge in [0, 0.05) is 6.54 Å². The van der Waals surface area contributed by atoms with Gasteiger partial charge in [0.25, 0.3) is 0 Å². The van der Waals surface area contributed by atoms with Gasteiger partial charge in [0.2, 0.25) is 0 Å². The summed E-state index contributed by atoms with van der Waals surface area (Å²) < 4.78 is 40.9. The average molecular weight is 372 g/mol. The smallest absolute Gasteiger partial charge is 0.390 e. The number of fused-ring (bicyclic) bond motifs is 3. The predicted octanol–water partition coefficient (Wildman–Crippen LogP) is 4.01. The van der Waals surface area contributed by atoms with E-state index >= 15 is 0 Å². The molecule has 0 aliphatic carbocycles. The molecule has 0 spiro atoms. The van der Waals surface area contributed by atoms with Crippen LogP contribution in [0, 0.1) is 0 Å². The van der Waals surface area contributed by atoms with Gasteiger partial charge in [-0.05, 0) is 23.8 Å². The molecule has 2 N–H and O–H groups in total. The van der Waals surface area contributed by atoms with Crippen molar-refractivity contribution in [2.75, 3.05) is 5.32 Å². The maximum absolute atomic E-state index is 13.1. The summed E-state index contributed by atoms with van der Waals surface area (Å²) in [6.07, 6.45) is -2.97. The lowest BCUT2D eigenvalue weighted by molar-refractivity contribution is -0.137. The van der Waals surface area contributed by atoms with Crippen molar-refractivity contribution in [3.63, 3.8) is 0 Å². The summed E-state index contributed by atoms with van der Waals surface area (Å²) in [4.78, 5) is 8.64. The fourth-order valence-corrected chi connectivity index (χ4v) is 2.98. The molecular formula is C19H15F3N4O. The lowest BCUT2D eigenvalue weighted by atomic mass is 10.2. The molecule has 2 aromatic carbocycles. The first-order chi connectivity index (χ1) is 13.0. The first-order valence-electron chi connectivity index (χ1n) is 8.23. The number of alkyl halides is 3. The number of rotatable bonds is 4. The zero-order chi connectivity index (χ0) is 19.0. The molecule has 0 aliphatic heterocycles. The Morgan fingerprint density at radius 1 is 1.07 bits per heavy atom. The number of halogens is 3. The highest BCUT2D eigenvalue weighted by atomic mass is 19.4. The Kier molecular flexibility index (Phi) is 4.19. The van der Waals surface area contributed by atoms with Crippen molar-refractivity contribution >= 4 is 22.5 Å². The maximum atomic E-state index is 13.1. The standard InChI is InChI=1S/C19H15F3N4O/c20-19(21,22)13-6-7-16-15(8-13)25-17(18-24-10-14(11-27)26(16)18)23-9-12-4-2-1-3-5-12/h1-8,10,27H,9,11H2,(H,23,25). The molecule has 2 heterocycles. The van der Waals surface area contributed by atoms with E-state index in [4.69, 9.17) is 0 Å². The molecule has 2 aromatic heterocycles. The number of anilines is 1. The SMILES string of the molecule is OCc1cnc2c(NCc3ccccc3)nc3cc(C(F)(F)F)ccc3n12. The second-order valence-electron chi connectivity index (χ2n) is 6.07. The van der Waals surface area contributed by atoms with Crippen molar-refractivity contribution in [1.82, 2.24) is 14.4 Å². The first-order valence-corrected chi connectivity index (χ1v) is 8.23. The van der Waals surface area contributed by atoms with E-state index in [2.05, 4.69) is 15.3 Å². The zero-order valence-electron chi connectivity index (χ0n) is 14.0. The summed E-state index contributed by atoms with van der Waals surface area (Å²) in [6, 6.07) is 12.9. The topological polar surface area (TPSA) is 62.5 Å². The van der Waals surface area contributed by atoms with Crippen LogP contribution >= 0.6 is 0 Å². The van der Waals surface area contributed by atoms with Crippen molar-refractivity contribution in [2.45, 2.75) is 19.3 Å². The van der Waals surface area contributed by atoms with Crippen LogP contribution in [0.5, 0.6) is 0 Å². The minimum absolute atomic E-state index is 0.167. The molecule has 0 bridgehead atoms. The summed E-state index contributed by atoms with van der Waals surface area (Å²) in [6.45, 7) is 0.148. The molecule has 0 unspecified atom stereocenters. The van der Waals surface area contributed by atoms with Gasteiger partial charge in [0.15, 0.2) is 11.5 Å². The van der Waals surface area contributed by atoms with E-state index in [0.29, 0.717) is 29.2 Å². The van der Waals surface area contributed by atoms with Gasteiger partial charge in [-0.15, -0.1) is 0 Å². The Balaban J connectivity index is 1.86. The molecule has 0 radical (unpaired) electrons. The van der Waals surface area contributed by atoms with Gasteiger partial charge in [-0.25, -0.2) is 9.97 Å². The predicted molar refractivity (Wildman–Crippen MR) is 95.2 cm³/mol. The largest absolute Gasteiger partial charge is 0.416 e. The molecule has 4 aromatic rings. The Morgan fingerprint density at radius 3 is 2.56 bits per heavy atom. The molecule has 27 heavy (non-hydrogen) atoms. The Hall–Kier alpha value is -3.13. The summed E-state index contributed by atoms with van der Waals surface area (Å²) in [5, 5.41) is 12.7. The number of nitrogens with one attached hydrogen (secondary N) is 1. The molecule has 0 saturated heterocycles. The fraction of sp³-hybridized carbons (Fsp3) is 0.158. The van der Waals surface area contributed by atoms with Gasteiger partial charge >= 0.3 is 6.18 Å². The second-order valence-corrected chi connectivity index (χ2v) is 6.07. The molecule has 138 valence electrons. The van der Waals surface area contributed by atoms with E-state index in [1.165, 1.54) is 12.3 Å². The lowest BCUT2D eigenvalue weighted by Crippen LogP contribution is -2.08. The van der Waals surface area contributed by atoms with Crippen molar-refractivity contribution in [2.24, 2.45) is 0 Å². The van der Waals surface area contributed by atoms with Crippen molar-refractivity contribution < 1.29 is 18.3 Å². The van der Waals surface area contributed by atoms with E-state index in [0.717, 1.165) is 17.7 Å². The van der Waals surface area contributed by atoms with Crippen molar-refractivity contribution in [3.05, 3.63) is 71.5 Å². The Morgan fingerprint density at radius 2 is 1.85 bits per heavy atom. The Bertz CT molecular complexity index is 1110. The van der Waals surface area contributed by atoms with Gasteiger partial charge < -0.3 is 10.4 Å². The van der Waals surface area contributed by atoms with E-state index in [1.807, 2.05) is 30.3 Å². The number of aromatic nitrogens is 3. The van der Waals surface area contributed by atoms with Crippen LogP contribution in [0.15, 0.2) is 54.7 Å². The molecule has 4 rings (SSSR count). The van der Waals surface area contributed by atoms with E-state index in [9.17, 15) is 18.3 Å². The Labute approximate surface area is 152 Å². The molecule has 8 heteroatoms. The van der Waals surface area contributed by atoms with Crippen LogP contribution in [0.2, 0.25) is 0 Å². The van der Waals surface area contributed by atoms with Crippen LogP contribution in [0.3, 0.4) is 0 Å². The molecule has 0 amide bonds. The molecule has 0 fully saturated rings. The van der Waals surface area contributed by atoms with Crippen molar-refractivity contribution in [1.29, 1.82) is 0 Å². The van der Waals surface area contributed by atoms with Gasteiger partial charge in [0.05, 0.1) is 35.1 Å². The van der Waals surface area contributed by atoms with Gasteiger partial charge in [-0.3, -0.25) is 4.40 Å². The number of hydrogen-bond acceptors (Lipinski definition) is 4. The lowest BCUT2D eigenvalue weighted by Gasteiger charge is -2.13. The van der Waals surface area contributed by atoms with E-state index in [-0.39, 0.29) is 12.1 Å². The molecule has 0 aliphatic rings. The van der Waals surface area contributed by atoms with E-state index in [1.54, 1.807) is 4.40 Å². The minimum atomic E-state index is -4.46. The summed E-state index contributed by atoms with van der Waals surface area (Å²) in [7, 11) is 0. The highest BCUT2D eigenvalue weighted by Crippen LogP contribution is 2.32. The van der Waals surface area contributed by atoms with Crippen LogP contribution in [-0.4, -0.2) is 19.5 Å². The summed E-state index contributed by atoms with van der Waals surface area (Å²) in [5.74, 6) is 0.352. The average Bonchev–Trinajstić information content (AvgIpc) is 3.10. The molecule has 5 nitrogen and oxygen atoms in total. The van der Waals surface area contributed by atoms with Crippen LogP contribution in [0.25, 0.3) is 16.7 Å². The third-order valence-electron chi connectivity index (χ3n) is 4.29. The van der Waals surface area contributed by atoms with Crippen molar-refractivity contribution in [3.8, 4) is 0 Å². The van der Waals surface area contributed by atoms with Gasteiger partial charge in [0.1, 0.15) is 0 Å². The number of benzene rings is 2.